The molecular formula is C18H33NO3. The van der Waals surface area contributed by atoms with E-state index in [-0.39, 0.29) is 18.3 Å². The van der Waals surface area contributed by atoms with Gasteiger partial charge in [-0.1, -0.05) is 6.42 Å². The molecule has 3 aliphatic rings. The molecule has 3 rings (SSSR count). The van der Waals surface area contributed by atoms with Gasteiger partial charge in [0.25, 0.3) is 0 Å². The van der Waals surface area contributed by atoms with E-state index in [2.05, 4.69) is 18.7 Å². The van der Waals surface area contributed by atoms with Gasteiger partial charge in [0, 0.05) is 26.2 Å². The van der Waals surface area contributed by atoms with Gasteiger partial charge >= 0.3 is 0 Å². The number of rotatable bonds is 7. The summed E-state index contributed by atoms with van der Waals surface area (Å²) in [6.07, 6.45) is 7.16. The molecule has 0 amide bonds. The molecule has 0 unspecified atom stereocenters. The number of ether oxygens (including phenoxy) is 2. The molecule has 2 bridgehead atoms. The third kappa shape index (κ3) is 4.44. The Morgan fingerprint density at radius 2 is 1.95 bits per heavy atom. The zero-order valence-corrected chi connectivity index (χ0v) is 14.2. The average Bonchev–Trinajstić information content (AvgIpc) is 3.05. The number of fused-ring (bicyclic) bond motifs is 2. The standard InChI is InChI=1S/C18H33NO3/c1-13-9-19(10-14(2)22-13)11-18(20)12-21-6-5-17-8-15-3-4-16(17)7-15/h13-18,20H,3-12H2,1-2H3/t13-,14-,15+,16+,17+,18+/m1/s1. The molecule has 2 aliphatic carbocycles. The highest BCUT2D eigenvalue weighted by Crippen LogP contribution is 2.49. The first-order valence-electron chi connectivity index (χ1n) is 9.23. The zero-order chi connectivity index (χ0) is 15.5. The van der Waals surface area contributed by atoms with Crippen LogP contribution in [0.3, 0.4) is 0 Å². The van der Waals surface area contributed by atoms with Crippen LogP contribution in [0.4, 0.5) is 0 Å². The lowest BCUT2D eigenvalue weighted by atomic mass is 9.87. The van der Waals surface area contributed by atoms with E-state index in [0.29, 0.717) is 13.2 Å². The van der Waals surface area contributed by atoms with Crippen LogP contribution in [-0.2, 0) is 9.47 Å². The van der Waals surface area contributed by atoms with Crippen molar-refractivity contribution in [3.05, 3.63) is 0 Å². The summed E-state index contributed by atoms with van der Waals surface area (Å²) in [5.41, 5.74) is 0. The second kappa shape index (κ2) is 7.61. The van der Waals surface area contributed by atoms with Crippen LogP contribution < -0.4 is 0 Å². The monoisotopic (exact) mass is 311 g/mol. The Bertz CT molecular complexity index is 341. The van der Waals surface area contributed by atoms with Crippen LogP contribution in [0.25, 0.3) is 0 Å². The lowest BCUT2D eigenvalue weighted by molar-refractivity contribution is -0.0823. The lowest BCUT2D eigenvalue weighted by Gasteiger charge is -2.36. The van der Waals surface area contributed by atoms with Gasteiger partial charge < -0.3 is 14.6 Å². The maximum Gasteiger partial charge on any atom is 0.0900 e. The van der Waals surface area contributed by atoms with Crippen molar-refractivity contribution in [2.75, 3.05) is 32.8 Å². The van der Waals surface area contributed by atoms with Crippen molar-refractivity contribution in [2.45, 2.75) is 64.3 Å². The first kappa shape index (κ1) is 16.7. The molecule has 4 nitrogen and oxygen atoms in total. The maximum absolute atomic E-state index is 10.2. The number of nitrogens with zero attached hydrogens (tertiary/aromatic N) is 1. The van der Waals surface area contributed by atoms with Crippen molar-refractivity contribution in [1.82, 2.24) is 4.90 Å². The van der Waals surface area contributed by atoms with Crippen molar-refractivity contribution < 1.29 is 14.6 Å². The second-order valence-corrected chi connectivity index (χ2v) is 7.93. The highest BCUT2D eigenvalue weighted by Gasteiger charge is 2.38. The Morgan fingerprint density at radius 1 is 1.18 bits per heavy atom. The average molecular weight is 311 g/mol. The normalized spacial score (nSPS) is 40.2. The van der Waals surface area contributed by atoms with E-state index in [4.69, 9.17) is 9.47 Å². The molecule has 0 spiro atoms. The van der Waals surface area contributed by atoms with Gasteiger partial charge in [0.15, 0.2) is 0 Å². The molecule has 1 saturated heterocycles. The molecule has 0 aromatic carbocycles. The van der Waals surface area contributed by atoms with Gasteiger partial charge in [-0.3, -0.25) is 4.90 Å². The van der Waals surface area contributed by atoms with Crippen LogP contribution in [0, 0.1) is 17.8 Å². The number of hydrogen-bond donors (Lipinski definition) is 1. The number of aliphatic hydroxyl groups excluding tert-OH is 1. The van der Waals surface area contributed by atoms with Crippen molar-refractivity contribution in [1.29, 1.82) is 0 Å². The Kier molecular flexibility index (Phi) is 5.77. The van der Waals surface area contributed by atoms with Crippen LogP contribution in [0.5, 0.6) is 0 Å². The van der Waals surface area contributed by atoms with Crippen LogP contribution in [-0.4, -0.2) is 61.2 Å². The largest absolute Gasteiger partial charge is 0.389 e. The van der Waals surface area contributed by atoms with E-state index < -0.39 is 0 Å². The third-order valence-electron chi connectivity index (χ3n) is 5.79. The molecule has 4 heteroatoms. The van der Waals surface area contributed by atoms with Gasteiger partial charge in [-0.05, 0) is 57.3 Å². The molecule has 3 fully saturated rings. The molecule has 22 heavy (non-hydrogen) atoms. The minimum atomic E-state index is -0.377. The summed E-state index contributed by atoms with van der Waals surface area (Å²) in [6.45, 7) is 8.01. The SMILES string of the molecule is C[C@@H]1CN(C[C@H](O)COCC[C@H]2C[C@H]3CC[C@H]2C3)C[C@@H](C)O1. The fourth-order valence-electron chi connectivity index (χ4n) is 4.97. The Morgan fingerprint density at radius 3 is 2.59 bits per heavy atom. The summed E-state index contributed by atoms with van der Waals surface area (Å²) in [6, 6.07) is 0. The van der Waals surface area contributed by atoms with Gasteiger partial charge in [0.2, 0.25) is 0 Å². The summed E-state index contributed by atoms with van der Waals surface area (Å²) in [5, 5.41) is 10.2. The summed E-state index contributed by atoms with van der Waals surface area (Å²) in [5.74, 6) is 2.90. The lowest BCUT2D eigenvalue weighted by Crippen LogP contribution is -2.48. The quantitative estimate of drug-likeness (QED) is 0.733. The fraction of sp³-hybridized carbons (Fsp3) is 1.00. The number of morpholine rings is 1. The summed E-state index contributed by atoms with van der Waals surface area (Å²) >= 11 is 0. The molecular weight excluding hydrogens is 278 g/mol. The molecule has 128 valence electrons. The Hall–Kier alpha value is -0.160. The Balaban J connectivity index is 1.27. The highest BCUT2D eigenvalue weighted by atomic mass is 16.5. The van der Waals surface area contributed by atoms with Gasteiger partial charge in [0.1, 0.15) is 0 Å². The zero-order valence-electron chi connectivity index (χ0n) is 14.2. The third-order valence-corrected chi connectivity index (χ3v) is 5.79. The van der Waals surface area contributed by atoms with E-state index in [0.717, 1.165) is 37.5 Å². The van der Waals surface area contributed by atoms with Gasteiger partial charge in [-0.25, -0.2) is 0 Å². The summed E-state index contributed by atoms with van der Waals surface area (Å²) < 4.78 is 11.5. The molecule has 0 aromatic rings. The number of β-amino-alcohol motifs (C(OH)–C–C–N with tert-alkyl or cyclic N) is 1. The van der Waals surface area contributed by atoms with Gasteiger partial charge in [-0.2, -0.15) is 0 Å². The van der Waals surface area contributed by atoms with Gasteiger partial charge in [0.05, 0.1) is 24.9 Å². The summed E-state index contributed by atoms with van der Waals surface area (Å²) in [7, 11) is 0. The fourth-order valence-corrected chi connectivity index (χ4v) is 4.97. The van der Waals surface area contributed by atoms with Crippen molar-refractivity contribution in [2.24, 2.45) is 17.8 Å². The smallest absolute Gasteiger partial charge is 0.0900 e. The van der Waals surface area contributed by atoms with E-state index in [1.165, 1.54) is 32.1 Å². The minimum Gasteiger partial charge on any atom is -0.389 e. The van der Waals surface area contributed by atoms with E-state index in [9.17, 15) is 5.11 Å². The number of hydrogen-bond acceptors (Lipinski definition) is 4. The van der Waals surface area contributed by atoms with E-state index >= 15 is 0 Å². The Labute approximate surface area is 135 Å². The minimum absolute atomic E-state index is 0.259. The predicted molar refractivity (Wildman–Crippen MR) is 86.8 cm³/mol. The first-order chi connectivity index (χ1) is 10.6. The van der Waals surface area contributed by atoms with Crippen molar-refractivity contribution >= 4 is 0 Å². The highest BCUT2D eigenvalue weighted by molar-refractivity contribution is 4.89. The molecule has 6 atom stereocenters. The van der Waals surface area contributed by atoms with Crippen LogP contribution in [0.1, 0.15) is 46.0 Å². The van der Waals surface area contributed by atoms with Crippen LogP contribution in [0.15, 0.2) is 0 Å². The topological polar surface area (TPSA) is 41.9 Å². The first-order valence-corrected chi connectivity index (χ1v) is 9.23. The molecule has 2 saturated carbocycles. The van der Waals surface area contributed by atoms with Crippen LogP contribution in [0.2, 0.25) is 0 Å². The van der Waals surface area contributed by atoms with Crippen molar-refractivity contribution in [3.8, 4) is 0 Å². The van der Waals surface area contributed by atoms with Crippen LogP contribution >= 0.6 is 0 Å². The molecule has 1 N–H and O–H groups in total. The second-order valence-electron chi connectivity index (χ2n) is 7.93. The summed E-state index contributed by atoms with van der Waals surface area (Å²) in [4.78, 5) is 2.29. The maximum atomic E-state index is 10.2. The van der Waals surface area contributed by atoms with Gasteiger partial charge in [-0.15, -0.1) is 0 Å². The number of aliphatic hydroxyl groups is 1. The molecule has 0 aromatic heterocycles. The van der Waals surface area contributed by atoms with E-state index in [1.54, 1.807) is 0 Å². The van der Waals surface area contributed by atoms with E-state index in [1.807, 2.05) is 0 Å². The van der Waals surface area contributed by atoms with Crippen molar-refractivity contribution in [3.63, 3.8) is 0 Å². The molecule has 1 heterocycles. The molecule has 0 radical (unpaired) electrons. The predicted octanol–water partition coefficient (Wildman–Crippen LogP) is 2.30. The molecule has 1 aliphatic heterocycles.